The van der Waals surface area contributed by atoms with Crippen LogP contribution in [0.15, 0.2) is 0 Å². The molecule has 0 unspecified atom stereocenters. The predicted molar refractivity (Wildman–Crippen MR) is 42.6 cm³/mol. The molecule has 0 nitrogen and oxygen atoms in total. The van der Waals surface area contributed by atoms with Gasteiger partial charge in [-0.3, -0.25) is 0 Å². The second kappa shape index (κ2) is 4.60. The zero-order chi connectivity index (χ0) is 6.78. The van der Waals surface area contributed by atoms with Crippen molar-refractivity contribution in [2.24, 2.45) is 5.41 Å². The van der Waals surface area contributed by atoms with Crippen LogP contribution in [0.1, 0.15) is 20.8 Å². The smallest absolute Gasteiger partial charge is 0.325 e. The first-order valence-electron chi connectivity index (χ1n) is 3.28. The first kappa shape index (κ1) is 12.5. The van der Waals surface area contributed by atoms with Gasteiger partial charge in [-0.15, -0.1) is 8.80 Å². The Morgan fingerprint density at radius 1 is 1.11 bits per heavy atom. The van der Waals surface area contributed by atoms with Gasteiger partial charge in [0, 0.05) is 0 Å². The average molecular weight is 136 g/mol. The van der Waals surface area contributed by atoms with Gasteiger partial charge in [0.05, 0.1) is 0 Å². The van der Waals surface area contributed by atoms with Gasteiger partial charge in [0.2, 0.25) is 0 Å². The Morgan fingerprint density at radius 3 is 1.44 bits per heavy atom. The van der Waals surface area contributed by atoms with E-state index in [0.717, 1.165) is 0 Å². The van der Waals surface area contributed by atoms with Crippen LogP contribution in [0, 0.1) is 11.5 Å². The summed E-state index contributed by atoms with van der Waals surface area (Å²) < 4.78 is 0. The van der Waals surface area contributed by atoms with Crippen molar-refractivity contribution in [3.8, 4) is 0 Å². The monoisotopic (exact) mass is 136 g/mol. The third kappa shape index (κ3) is 12.1. The van der Waals surface area contributed by atoms with Crippen LogP contribution >= 0.6 is 0 Å². The summed E-state index contributed by atoms with van der Waals surface area (Å²) >= 11 is 0. The molecule has 0 aliphatic rings. The van der Waals surface area contributed by atoms with Crippen molar-refractivity contribution in [3.05, 3.63) is 6.04 Å². The maximum Gasteiger partial charge on any atom is 1.00 e. The molecule has 0 spiro atoms. The number of hydrogen-bond acceptors (Lipinski definition) is 0. The topological polar surface area (TPSA) is 0 Å². The molecule has 0 radical (unpaired) electrons. The maximum atomic E-state index is 2.49. The van der Waals surface area contributed by atoms with Crippen molar-refractivity contribution in [1.29, 1.82) is 0 Å². The van der Waals surface area contributed by atoms with E-state index in [9.17, 15) is 0 Å². The van der Waals surface area contributed by atoms with E-state index in [2.05, 4.69) is 39.9 Å². The largest absolute Gasteiger partial charge is 1.00 e. The molecular formula is C7H17LiSi. The van der Waals surface area contributed by atoms with Gasteiger partial charge >= 0.3 is 18.9 Å². The molecule has 0 N–H and O–H groups in total. The standard InChI is InChI=1S/C7H17Si.Li/c1-7(2,3)6-8(4)5;/h6,8H,1-5H3;/q-1;+1. The predicted octanol–water partition coefficient (Wildman–Crippen LogP) is -0.733. The van der Waals surface area contributed by atoms with E-state index in [0.29, 0.717) is 5.41 Å². The molecule has 0 saturated carbocycles. The molecule has 0 aliphatic carbocycles. The molecule has 2 heteroatoms. The molecule has 0 amide bonds. The first-order valence-corrected chi connectivity index (χ1v) is 6.25. The Labute approximate surface area is 73.2 Å². The minimum Gasteiger partial charge on any atom is -0.325 e. The van der Waals surface area contributed by atoms with Crippen molar-refractivity contribution < 1.29 is 18.9 Å². The van der Waals surface area contributed by atoms with E-state index < -0.39 is 8.80 Å². The van der Waals surface area contributed by atoms with Crippen LogP contribution in [0.5, 0.6) is 0 Å². The molecule has 0 saturated heterocycles. The Morgan fingerprint density at radius 2 is 1.44 bits per heavy atom. The van der Waals surface area contributed by atoms with E-state index in [1.165, 1.54) is 0 Å². The minimum absolute atomic E-state index is 0. The maximum absolute atomic E-state index is 2.49. The average Bonchev–Trinajstić information content (AvgIpc) is 1.21. The summed E-state index contributed by atoms with van der Waals surface area (Å²) in [5, 5.41) is 0. The summed E-state index contributed by atoms with van der Waals surface area (Å²) in [5.41, 5.74) is 0.459. The molecule has 0 fully saturated rings. The fraction of sp³-hybridized carbons (Fsp3) is 0.857. The van der Waals surface area contributed by atoms with E-state index >= 15 is 0 Å². The fourth-order valence-electron chi connectivity index (χ4n) is 1.00. The zero-order valence-corrected chi connectivity index (χ0v) is 8.81. The Hall–Kier alpha value is 0.814. The van der Waals surface area contributed by atoms with E-state index in [1.807, 2.05) is 0 Å². The summed E-state index contributed by atoms with van der Waals surface area (Å²) in [6.07, 6.45) is 0. The minimum atomic E-state index is -0.421. The van der Waals surface area contributed by atoms with Crippen LogP contribution in [0.25, 0.3) is 0 Å². The van der Waals surface area contributed by atoms with Gasteiger partial charge in [-0.1, -0.05) is 33.9 Å². The molecule has 50 valence electrons. The number of hydrogen-bond donors (Lipinski definition) is 0. The van der Waals surface area contributed by atoms with Crippen LogP contribution in [-0.4, -0.2) is 8.80 Å². The fourth-order valence-corrected chi connectivity index (χ4v) is 3.00. The van der Waals surface area contributed by atoms with Crippen LogP contribution in [0.4, 0.5) is 0 Å². The van der Waals surface area contributed by atoms with Gasteiger partial charge in [-0.2, -0.15) is 5.41 Å². The van der Waals surface area contributed by atoms with Crippen LogP contribution in [0.3, 0.4) is 0 Å². The molecule has 0 aromatic heterocycles. The van der Waals surface area contributed by atoms with Gasteiger partial charge in [-0.05, 0) is 0 Å². The molecule has 0 aromatic carbocycles. The molecule has 0 rings (SSSR count). The molecular weight excluding hydrogens is 119 g/mol. The van der Waals surface area contributed by atoms with Crippen molar-refractivity contribution >= 4 is 8.80 Å². The van der Waals surface area contributed by atoms with E-state index in [-0.39, 0.29) is 18.9 Å². The first-order chi connectivity index (χ1) is 3.42. The van der Waals surface area contributed by atoms with Crippen LogP contribution < -0.4 is 18.9 Å². The van der Waals surface area contributed by atoms with E-state index in [4.69, 9.17) is 0 Å². The quantitative estimate of drug-likeness (QED) is 0.329. The summed E-state index contributed by atoms with van der Waals surface area (Å²) in [6, 6.07) is 2.49. The third-order valence-corrected chi connectivity index (χ3v) is 2.50. The van der Waals surface area contributed by atoms with Crippen molar-refractivity contribution in [3.63, 3.8) is 0 Å². The summed E-state index contributed by atoms with van der Waals surface area (Å²) in [4.78, 5) is 0. The molecule has 0 atom stereocenters. The van der Waals surface area contributed by atoms with Gasteiger partial charge in [0.15, 0.2) is 0 Å². The Kier molecular flexibility index (Phi) is 6.39. The summed E-state index contributed by atoms with van der Waals surface area (Å²) in [6.45, 7) is 11.5. The molecule has 0 heterocycles. The zero-order valence-electron chi connectivity index (χ0n) is 7.65. The SMILES string of the molecule is C[SiH](C)[CH-]C(C)(C)C.[Li+]. The normalized spacial score (nSPS) is 11.3. The Bertz CT molecular complexity index is 63.8. The van der Waals surface area contributed by atoms with Gasteiger partial charge in [0.1, 0.15) is 0 Å². The molecule has 0 aliphatic heterocycles. The van der Waals surface area contributed by atoms with Crippen molar-refractivity contribution in [2.75, 3.05) is 0 Å². The number of rotatable bonds is 1. The second-order valence-corrected chi connectivity index (χ2v) is 6.60. The third-order valence-electron chi connectivity index (χ3n) is 0.833. The van der Waals surface area contributed by atoms with Gasteiger partial charge in [-0.25, -0.2) is 0 Å². The molecule has 0 aromatic rings. The van der Waals surface area contributed by atoms with Crippen molar-refractivity contribution in [1.82, 2.24) is 0 Å². The van der Waals surface area contributed by atoms with E-state index in [1.54, 1.807) is 0 Å². The summed E-state index contributed by atoms with van der Waals surface area (Å²) in [7, 11) is -0.421. The molecule has 9 heavy (non-hydrogen) atoms. The van der Waals surface area contributed by atoms with Gasteiger partial charge in [0.25, 0.3) is 0 Å². The van der Waals surface area contributed by atoms with Crippen LogP contribution in [0.2, 0.25) is 13.1 Å². The van der Waals surface area contributed by atoms with Crippen molar-refractivity contribution in [2.45, 2.75) is 33.9 Å². The summed E-state index contributed by atoms with van der Waals surface area (Å²) in [5.74, 6) is 0. The van der Waals surface area contributed by atoms with Gasteiger partial charge < -0.3 is 6.04 Å². The Balaban J connectivity index is 0. The molecule has 0 bridgehead atoms. The van der Waals surface area contributed by atoms with Crippen LogP contribution in [-0.2, 0) is 0 Å². The second-order valence-electron chi connectivity index (χ2n) is 3.78.